The number of hydrogen-bond donors (Lipinski definition) is 3. The molecule has 5 fully saturated rings. The lowest BCUT2D eigenvalue weighted by atomic mass is 9.40. The molecule has 0 amide bonds. The van der Waals surface area contributed by atoms with Crippen LogP contribution in [0.3, 0.4) is 0 Å². The van der Waals surface area contributed by atoms with Gasteiger partial charge in [-0.3, -0.25) is 24.0 Å². The van der Waals surface area contributed by atoms with Crippen molar-refractivity contribution < 1.29 is 77.2 Å². The molecule has 1 saturated heterocycles. The Balaban J connectivity index is 1.34. The van der Waals surface area contributed by atoms with Crippen molar-refractivity contribution in [2.45, 2.75) is 141 Å². The van der Waals surface area contributed by atoms with Crippen LogP contribution in [0.15, 0.2) is 11.6 Å². The Morgan fingerprint density at radius 1 is 0.887 bits per heavy atom. The molecule has 2 aliphatic heterocycles. The van der Waals surface area contributed by atoms with Crippen molar-refractivity contribution in [3.05, 3.63) is 11.6 Å². The zero-order valence-electron chi connectivity index (χ0n) is 30.9. The fourth-order valence-corrected chi connectivity index (χ4v) is 11.1. The molecule has 4 aliphatic carbocycles. The van der Waals surface area contributed by atoms with E-state index < -0.39 is 125 Å². The van der Waals surface area contributed by atoms with E-state index in [2.05, 4.69) is 0 Å². The molecule has 0 spiro atoms. The highest BCUT2D eigenvalue weighted by Gasteiger charge is 2.76. The molecule has 4 saturated carbocycles. The van der Waals surface area contributed by atoms with Gasteiger partial charge in [-0.15, -0.1) is 0 Å². The molecule has 16 nitrogen and oxygen atoms in total. The third-order valence-corrected chi connectivity index (χ3v) is 13.1. The zero-order valence-corrected chi connectivity index (χ0v) is 30.9. The van der Waals surface area contributed by atoms with Gasteiger partial charge in [0.2, 0.25) is 0 Å². The molecular formula is C37H50O16. The third kappa shape index (κ3) is 6.37. The fraction of sp³-hybridized carbons (Fsp3) is 0.784. The molecular weight excluding hydrogens is 700 g/mol. The molecule has 2 heterocycles. The van der Waals surface area contributed by atoms with Crippen molar-refractivity contribution in [2.75, 3.05) is 13.2 Å². The van der Waals surface area contributed by atoms with Crippen LogP contribution in [0.4, 0.5) is 0 Å². The van der Waals surface area contributed by atoms with Crippen molar-refractivity contribution in [2.24, 2.45) is 28.6 Å². The Kier molecular flexibility index (Phi) is 10.4. The molecule has 0 unspecified atom stereocenters. The van der Waals surface area contributed by atoms with Gasteiger partial charge in [0.1, 0.15) is 18.5 Å². The van der Waals surface area contributed by atoms with Crippen molar-refractivity contribution in [3.8, 4) is 0 Å². The second-order valence-corrected chi connectivity index (χ2v) is 16.0. The number of Topliss-reactive ketones (excluding diaryl/α,β-unsaturated/α-hetero) is 1. The Bertz CT molecular complexity index is 1570. The van der Waals surface area contributed by atoms with E-state index in [1.165, 1.54) is 13.0 Å². The van der Waals surface area contributed by atoms with E-state index in [1.807, 2.05) is 6.92 Å². The van der Waals surface area contributed by atoms with Crippen LogP contribution in [0.25, 0.3) is 0 Å². The maximum absolute atomic E-state index is 14.4. The standard InChI is InChI=1S/C37H50O16/c1-17-30(50-19(3)40)31(51-20(4)41)32(52-21(5)42)33(48-17)53-23-12-27(49-18(2)39)36(16-38)25-7-9-34(6)24(22-11-28(44)47-15-22)8-10-37(34,46)29(25)26(43)14-35(36,45)13-23/h11,17,23-25,27,29-33,38,45-46H,7-10,12-16H2,1-6H3/t17-,23-,24+,25-,27+,29-,30-,31+,32+,33-,34+,35+,36-,37-/m0/s1. The van der Waals surface area contributed by atoms with Crippen LogP contribution in [-0.2, 0) is 61.9 Å². The quantitative estimate of drug-likeness (QED) is 0.178. The van der Waals surface area contributed by atoms with Gasteiger partial charge in [0, 0.05) is 58.4 Å². The van der Waals surface area contributed by atoms with Crippen molar-refractivity contribution in [3.63, 3.8) is 0 Å². The highest BCUT2D eigenvalue weighted by atomic mass is 16.7. The van der Waals surface area contributed by atoms with Crippen LogP contribution in [0.5, 0.6) is 0 Å². The summed E-state index contributed by atoms with van der Waals surface area (Å²) in [7, 11) is 0. The topological polar surface area (TPSA) is 228 Å². The van der Waals surface area contributed by atoms with E-state index >= 15 is 0 Å². The van der Waals surface area contributed by atoms with Crippen molar-refractivity contribution >= 4 is 35.6 Å². The van der Waals surface area contributed by atoms with Gasteiger partial charge in [-0.1, -0.05) is 6.92 Å². The van der Waals surface area contributed by atoms with Crippen molar-refractivity contribution in [1.82, 2.24) is 0 Å². The van der Waals surface area contributed by atoms with E-state index in [-0.39, 0.29) is 31.8 Å². The van der Waals surface area contributed by atoms with Gasteiger partial charge in [0.15, 0.2) is 24.6 Å². The second-order valence-electron chi connectivity index (χ2n) is 16.0. The number of ketones is 1. The zero-order chi connectivity index (χ0) is 38.8. The van der Waals surface area contributed by atoms with Gasteiger partial charge in [0.05, 0.1) is 41.3 Å². The Hall–Kier alpha value is -3.44. The normalized spacial score (nSPS) is 44.7. The molecule has 0 aromatic heterocycles. The minimum atomic E-state index is -2.01. The van der Waals surface area contributed by atoms with Crippen LogP contribution >= 0.6 is 0 Å². The van der Waals surface area contributed by atoms with Crippen LogP contribution in [0.2, 0.25) is 0 Å². The number of aliphatic hydroxyl groups excluding tert-OH is 1. The van der Waals surface area contributed by atoms with Gasteiger partial charge in [-0.05, 0) is 50.0 Å². The average molecular weight is 751 g/mol. The van der Waals surface area contributed by atoms with E-state index in [4.69, 9.17) is 33.2 Å². The minimum absolute atomic E-state index is 0.100. The number of aliphatic hydroxyl groups is 3. The summed E-state index contributed by atoms with van der Waals surface area (Å²) in [6.07, 6.45) is -6.60. The van der Waals surface area contributed by atoms with Crippen LogP contribution in [0.1, 0.15) is 86.5 Å². The summed E-state index contributed by atoms with van der Waals surface area (Å²) in [5.41, 5.74) is -5.23. The summed E-state index contributed by atoms with van der Waals surface area (Å²) in [6, 6.07) is 0. The number of esters is 5. The maximum Gasteiger partial charge on any atom is 0.331 e. The lowest BCUT2D eigenvalue weighted by Crippen LogP contribution is -2.76. The molecule has 6 aliphatic rings. The Morgan fingerprint density at radius 2 is 1.51 bits per heavy atom. The first-order chi connectivity index (χ1) is 24.8. The minimum Gasteiger partial charge on any atom is -0.462 e. The largest absolute Gasteiger partial charge is 0.462 e. The van der Waals surface area contributed by atoms with E-state index in [1.54, 1.807) is 6.92 Å². The summed E-state index contributed by atoms with van der Waals surface area (Å²) in [5.74, 6) is -5.89. The third-order valence-electron chi connectivity index (χ3n) is 13.1. The molecule has 14 atom stereocenters. The van der Waals surface area contributed by atoms with E-state index in [0.29, 0.717) is 19.3 Å². The molecule has 294 valence electrons. The van der Waals surface area contributed by atoms with Crippen LogP contribution < -0.4 is 0 Å². The predicted octanol–water partition coefficient (Wildman–Crippen LogP) is 0.976. The summed E-state index contributed by atoms with van der Waals surface area (Å²) in [5, 5.41) is 36.7. The van der Waals surface area contributed by atoms with Gasteiger partial charge in [-0.25, -0.2) is 4.79 Å². The Morgan fingerprint density at radius 3 is 2.09 bits per heavy atom. The first kappa shape index (κ1) is 39.3. The lowest BCUT2D eigenvalue weighted by Gasteiger charge is -2.67. The SMILES string of the molecule is CC(=O)O[C@@H]1[C@@H](OC(C)=O)[C@H](C)O[C@@H](O[C@H]2C[C@@H](OC(C)=O)[C@]3(CO)[C@H]4CC[C@]5(C)[C@@H](C6=CC(=O)OC6)CC[C@]5(O)[C@@H]4C(=O)C[C@]3(O)C2)[C@@H]1OC(C)=O. The van der Waals surface area contributed by atoms with E-state index in [9.17, 15) is 44.1 Å². The number of hydrogen-bond acceptors (Lipinski definition) is 16. The Labute approximate surface area is 306 Å². The fourth-order valence-electron chi connectivity index (χ4n) is 11.1. The number of fused-ring (bicyclic) bond motifs is 5. The average Bonchev–Trinajstić information content (AvgIpc) is 3.58. The number of carbonyl (C=O) groups excluding carboxylic acids is 6. The molecule has 3 N–H and O–H groups in total. The first-order valence-corrected chi connectivity index (χ1v) is 18.3. The molecule has 16 heteroatoms. The van der Waals surface area contributed by atoms with Gasteiger partial charge in [0.25, 0.3) is 0 Å². The number of rotatable bonds is 8. The molecule has 6 rings (SSSR count). The van der Waals surface area contributed by atoms with Crippen LogP contribution in [0, 0.1) is 28.6 Å². The summed E-state index contributed by atoms with van der Waals surface area (Å²) in [4.78, 5) is 75.6. The molecule has 0 bridgehead atoms. The smallest absolute Gasteiger partial charge is 0.331 e. The van der Waals surface area contributed by atoms with Gasteiger partial charge >= 0.3 is 29.8 Å². The molecule has 53 heavy (non-hydrogen) atoms. The predicted molar refractivity (Wildman–Crippen MR) is 176 cm³/mol. The van der Waals surface area contributed by atoms with Gasteiger partial charge in [-0.2, -0.15) is 0 Å². The number of carbonyl (C=O) groups is 6. The first-order valence-electron chi connectivity index (χ1n) is 18.3. The second kappa shape index (κ2) is 14.0. The molecule has 0 aromatic carbocycles. The monoisotopic (exact) mass is 750 g/mol. The summed E-state index contributed by atoms with van der Waals surface area (Å²) >= 11 is 0. The van der Waals surface area contributed by atoms with E-state index in [0.717, 1.165) is 26.3 Å². The highest BCUT2D eigenvalue weighted by Crippen LogP contribution is 2.70. The number of cyclic esters (lactones) is 1. The van der Waals surface area contributed by atoms with Crippen molar-refractivity contribution in [1.29, 1.82) is 0 Å². The highest BCUT2D eigenvalue weighted by molar-refractivity contribution is 5.87. The molecule has 0 radical (unpaired) electrons. The summed E-state index contributed by atoms with van der Waals surface area (Å²) in [6.45, 7) is 7.48. The van der Waals surface area contributed by atoms with Gasteiger partial charge < -0.3 is 48.5 Å². The lowest BCUT2D eigenvalue weighted by molar-refractivity contribution is -0.332. The summed E-state index contributed by atoms with van der Waals surface area (Å²) < 4.78 is 39.9. The molecule has 0 aromatic rings. The maximum atomic E-state index is 14.4. The van der Waals surface area contributed by atoms with Crippen LogP contribution in [-0.4, -0.2) is 118 Å². The number of ether oxygens (including phenoxy) is 7.